The highest BCUT2D eigenvalue weighted by atomic mass is 16.5. The molecule has 4 nitrogen and oxygen atoms in total. The minimum Gasteiger partial charge on any atom is -0.381 e. The number of nitrogens with two attached hydrogens (primary N) is 1. The molecule has 0 bridgehead atoms. The third-order valence-corrected chi connectivity index (χ3v) is 3.78. The minimum absolute atomic E-state index is 0.106. The summed E-state index contributed by atoms with van der Waals surface area (Å²) in [6.45, 7) is 3.62. The van der Waals surface area contributed by atoms with Gasteiger partial charge in [-0.3, -0.25) is 4.79 Å². The fraction of sp³-hybridized carbons (Fsp3) is 0.533. The smallest absolute Gasteiger partial charge is 0.241 e. The van der Waals surface area contributed by atoms with Crippen molar-refractivity contribution in [3.8, 4) is 0 Å². The fourth-order valence-electron chi connectivity index (χ4n) is 2.46. The summed E-state index contributed by atoms with van der Waals surface area (Å²) < 4.78 is 5.33. The van der Waals surface area contributed by atoms with E-state index in [1.807, 2.05) is 37.3 Å². The minimum atomic E-state index is -0.594. The van der Waals surface area contributed by atoms with E-state index in [1.54, 1.807) is 0 Å². The van der Waals surface area contributed by atoms with Crippen LogP contribution >= 0.6 is 0 Å². The molecule has 0 radical (unpaired) electrons. The summed E-state index contributed by atoms with van der Waals surface area (Å²) in [5.74, 6) is 0.380. The van der Waals surface area contributed by atoms with Crippen LogP contribution in [0.25, 0.3) is 0 Å². The van der Waals surface area contributed by atoms with Crippen molar-refractivity contribution in [3.05, 3.63) is 35.9 Å². The second-order valence-electron chi connectivity index (χ2n) is 5.14. The zero-order valence-corrected chi connectivity index (χ0v) is 11.3. The van der Waals surface area contributed by atoms with Gasteiger partial charge in [-0.2, -0.15) is 0 Å². The van der Waals surface area contributed by atoms with Gasteiger partial charge in [-0.25, -0.2) is 0 Å². The van der Waals surface area contributed by atoms with Gasteiger partial charge in [0.15, 0.2) is 0 Å². The molecule has 1 saturated heterocycles. The molecule has 0 spiro atoms. The van der Waals surface area contributed by atoms with Gasteiger partial charge in [0.1, 0.15) is 6.04 Å². The van der Waals surface area contributed by atoms with Gasteiger partial charge in [0.25, 0.3) is 0 Å². The number of hydrogen-bond acceptors (Lipinski definition) is 3. The Labute approximate surface area is 114 Å². The SMILES string of the molecule is CC(NC(=O)C(N)c1ccccc1)C1CCOCC1. The van der Waals surface area contributed by atoms with E-state index in [9.17, 15) is 4.79 Å². The number of ether oxygens (including phenoxy) is 1. The monoisotopic (exact) mass is 262 g/mol. The van der Waals surface area contributed by atoms with Gasteiger partial charge in [-0.05, 0) is 31.2 Å². The molecule has 1 aromatic carbocycles. The number of nitrogens with one attached hydrogen (secondary N) is 1. The first-order valence-electron chi connectivity index (χ1n) is 6.87. The van der Waals surface area contributed by atoms with Crippen LogP contribution in [0.5, 0.6) is 0 Å². The number of rotatable bonds is 4. The highest BCUT2D eigenvalue weighted by molar-refractivity contribution is 5.83. The average Bonchev–Trinajstić information content (AvgIpc) is 2.48. The summed E-state index contributed by atoms with van der Waals surface area (Å²) in [5.41, 5.74) is 6.83. The van der Waals surface area contributed by atoms with Crippen LogP contribution in [0.4, 0.5) is 0 Å². The molecule has 1 heterocycles. The van der Waals surface area contributed by atoms with Crippen LogP contribution in [0, 0.1) is 5.92 Å². The summed E-state index contributed by atoms with van der Waals surface area (Å²) in [4.78, 5) is 12.1. The number of carbonyl (C=O) groups is 1. The molecule has 1 aliphatic heterocycles. The maximum Gasteiger partial charge on any atom is 0.241 e. The molecule has 0 saturated carbocycles. The van der Waals surface area contributed by atoms with E-state index in [1.165, 1.54) is 0 Å². The lowest BCUT2D eigenvalue weighted by atomic mass is 9.92. The second kappa shape index (κ2) is 6.68. The molecule has 2 unspecified atom stereocenters. The van der Waals surface area contributed by atoms with Crippen molar-refractivity contribution in [1.82, 2.24) is 5.32 Å². The summed E-state index contributed by atoms with van der Waals surface area (Å²) in [6, 6.07) is 9.01. The molecule has 19 heavy (non-hydrogen) atoms. The first-order chi connectivity index (χ1) is 9.18. The van der Waals surface area contributed by atoms with Crippen LogP contribution in [-0.2, 0) is 9.53 Å². The molecule has 1 aliphatic rings. The van der Waals surface area contributed by atoms with Crippen molar-refractivity contribution in [2.45, 2.75) is 31.8 Å². The van der Waals surface area contributed by atoms with Crippen LogP contribution in [0.2, 0.25) is 0 Å². The van der Waals surface area contributed by atoms with Crippen LogP contribution in [-0.4, -0.2) is 25.2 Å². The molecule has 4 heteroatoms. The van der Waals surface area contributed by atoms with Gasteiger partial charge in [0.05, 0.1) is 0 Å². The molecule has 1 aromatic rings. The maximum absolute atomic E-state index is 12.1. The Morgan fingerprint density at radius 3 is 2.58 bits per heavy atom. The van der Waals surface area contributed by atoms with E-state index < -0.39 is 6.04 Å². The summed E-state index contributed by atoms with van der Waals surface area (Å²) in [7, 11) is 0. The number of carbonyl (C=O) groups excluding carboxylic acids is 1. The quantitative estimate of drug-likeness (QED) is 0.866. The van der Waals surface area contributed by atoms with E-state index in [-0.39, 0.29) is 11.9 Å². The van der Waals surface area contributed by atoms with Crippen molar-refractivity contribution >= 4 is 5.91 Å². The second-order valence-corrected chi connectivity index (χ2v) is 5.14. The van der Waals surface area contributed by atoms with Crippen LogP contribution < -0.4 is 11.1 Å². The van der Waals surface area contributed by atoms with Crippen LogP contribution in [0.15, 0.2) is 30.3 Å². The van der Waals surface area contributed by atoms with Crippen LogP contribution in [0.1, 0.15) is 31.4 Å². The summed E-state index contributed by atoms with van der Waals surface area (Å²) >= 11 is 0. The van der Waals surface area contributed by atoms with Crippen molar-refractivity contribution in [3.63, 3.8) is 0 Å². The van der Waals surface area contributed by atoms with Crippen molar-refractivity contribution in [2.75, 3.05) is 13.2 Å². The largest absolute Gasteiger partial charge is 0.381 e. The Morgan fingerprint density at radius 1 is 1.32 bits per heavy atom. The molecule has 3 N–H and O–H groups in total. The molecular weight excluding hydrogens is 240 g/mol. The molecular formula is C15H22N2O2. The molecule has 2 rings (SSSR count). The lowest BCUT2D eigenvalue weighted by molar-refractivity contribution is -0.123. The third kappa shape index (κ3) is 3.78. The lowest BCUT2D eigenvalue weighted by Crippen LogP contribution is -2.44. The molecule has 0 aromatic heterocycles. The van der Waals surface area contributed by atoms with Crippen molar-refractivity contribution in [2.24, 2.45) is 11.7 Å². The van der Waals surface area contributed by atoms with Gasteiger partial charge < -0.3 is 15.8 Å². The Bertz CT molecular complexity index is 402. The third-order valence-electron chi connectivity index (χ3n) is 3.78. The van der Waals surface area contributed by atoms with Crippen molar-refractivity contribution in [1.29, 1.82) is 0 Å². The molecule has 1 amide bonds. The molecule has 0 aliphatic carbocycles. The Hall–Kier alpha value is -1.39. The normalized spacial score (nSPS) is 19.7. The maximum atomic E-state index is 12.1. The van der Waals surface area contributed by atoms with Gasteiger partial charge >= 0.3 is 0 Å². The number of amides is 1. The van der Waals surface area contributed by atoms with E-state index in [4.69, 9.17) is 10.5 Å². The highest BCUT2D eigenvalue weighted by Crippen LogP contribution is 2.19. The Balaban J connectivity index is 1.89. The fourth-order valence-corrected chi connectivity index (χ4v) is 2.46. The number of hydrogen-bond donors (Lipinski definition) is 2. The van der Waals surface area contributed by atoms with Gasteiger partial charge in [-0.15, -0.1) is 0 Å². The topological polar surface area (TPSA) is 64.4 Å². The van der Waals surface area contributed by atoms with Gasteiger partial charge in [0, 0.05) is 19.3 Å². The number of benzene rings is 1. The van der Waals surface area contributed by atoms with Crippen LogP contribution in [0.3, 0.4) is 0 Å². The molecule has 104 valence electrons. The predicted octanol–water partition coefficient (Wildman–Crippen LogP) is 1.62. The predicted molar refractivity (Wildman–Crippen MR) is 74.5 cm³/mol. The zero-order chi connectivity index (χ0) is 13.7. The lowest BCUT2D eigenvalue weighted by Gasteiger charge is -2.29. The van der Waals surface area contributed by atoms with E-state index in [0.717, 1.165) is 31.6 Å². The van der Waals surface area contributed by atoms with E-state index in [2.05, 4.69) is 5.32 Å². The Kier molecular flexibility index (Phi) is 4.93. The summed E-state index contributed by atoms with van der Waals surface area (Å²) in [5, 5.41) is 3.03. The zero-order valence-electron chi connectivity index (χ0n) is 11.3. The standard InChI is InChI=1S/C15H22N2O2/c1-11(12-7-9-19-10-8-12)17-15(18)14(16)13-5-3-2-4-6-13/h2-6,11-12,14H,7-10,16H2,1H3,(H,17,18). The average molecular weight is 262 g/mol. The first kappa shape index (κ1) is 14.0. The first-order valence-corrected chi connectivity index (χ1v) is 6.87. The van der Waals surface area contributed by atoms with Gasteiger partial charge in [-0.1, -0.05) is 30.3 Å². The molecule has 2 atom stereocenters. The molecule has 1 fully saturated rings. The summed E-state index contributed by atoms with van der Waals surface area (Å²) in [6.07, 6.45) is 2.00. The Morgan fingerprint density at radius 2 is 1.95 bits per heavy atom. The van der Waals surface area contributed by atoms with Gasteiger partial charge in [0.2, 0.25) is 5.91 Å². The van der Waals surface area contributed by atoms with E-state index in [0.29, 0.717) is 5.92 Å². The highest BCUT2D eigenvalue weighted by Gasteiger charge is 2.24. The van der Waals surface area contributed by atoms with Crippen molar-refractivity contribution < 1.29 is 9.53 Å². The van der Waals surface area contributed by atoms with E-state index >= 15 is 0 Å².